The Morgan fingerprint density at radius 3 is 2.68 bits per heavy atom. The number of alkyl halides is 2. The second-order valence-electron chi connectivity index (χ2n) is 8.09. The third-order valence-corrected chi connectivity index (χ3v) is 5.80. The number of halogens is 2. The Hall–Kier alpha value is -1.87. The van der Waals surface area contributed by atoms with E-state index in [2.05, 4.69) is 9.88 Å². The molecule has 1 aromatic heterocycles. The van der Waals surface area contributed by atoms with E-state index in [0.29, 0.717) is 32.6 Å². The van der Waals surface area contributed by atoms with Crippen molar-refractivity contribution in [3.63, 3.8) is 0 Å². The Morgan fingerprint density at radius 2 is 2.07 bits per heavy atom. The van der Waals surface area contributed by atoms with E-state index in [4.69, 9.17) is 0 Å². The molecule has 1 atom stereocenters. The highest BCUT2D eigenvalue weighted by molar-refractivity contribution is 5.73. The van der Waals surface area contributed by atoms with Gasteiger partial charge in [-0.1, -0.05) is 0 Å². The maximum atomic E-state index is 12.6. The number of carbonyl (C=O) groups is 1. The van der Waals surface area contributed by atoms with Gasteiger partial charge >= 0.3 is 0 Å². The van der Waals surface area contributed by atoms with Crippen LogP contribution in [0.15, 0.2) is 17.2 Å². The molecule has 156 valence electrons. The summed E-state index contributed by atoms with van der Waals surface area (Å²) in [6, 6.07) is 0.902. The molecule has 7 nitrogen and oxygen atoms in total. The first-order valence-electron chi connectivity index (χ1n) is 9.80. The molecule has 1 aromatic rings. The van der Waals surface area contributed by atoms with E-state index in [0.717, 1.165) is 38.4 Å². The van der Waals surface area contributed by atoms with Gasteiger partial charge in [-0.15, -0.1) is 0 Å². The minimum absolute atomic E-state index is 0.00579. The number of nitrogens with zero attached hydrogens (tertiary/aromatic N) is 4. The van der Waals surface area contributed by atoms with Gasteiger partial charge < -0.3 is 14.9 Å². The number of aliphatic hydroxyl groups is 1. The number of piperidine rings is 2. The molecule has 0 spiro atoms. The van der Waals surface area contributed by atoms with Crippen molar-refractivity contribution in [2.45, 2.75) is 51.2 Å². The van der Waals surface area contributed by atoms with Gasteiger partial charge in [0.1, 0.15) is 5.69 Å². The number of hydrogen-bond acceptors (Lipinski definition) is 5. The predicted molar refractivity (Wildman–Crippen MR) is 99.1 cm³/mol. The summed E-state index contributed by atoms with van der Waals surface area (Å²) in [6.45, 7) is 5.20. The maximum absolute atomic E-state index is 12.6. The number of aromatic nitrogens is 2. The van der Waals surface area contributed by atoms with Crippen LogP contribution in [0.4, 0.5) is 8.78 Å². The fourth-order valence-electron chi connectivity index (χ4n) is 4.23. The van der Waals surface area contributed by atoms with Gasteiger partial charge in [0.25, 0.3) is 12.0 Å². The lowest BCUT2D eigenvalue weighted by Gasteiger charge is -2.43. The molecule has 0 radical (unpaired) electrons. The van der Waals surface area contributed by atoms with Crippen LogP contribution in [0.2, 0.25) is 0 Å². The van der Waals surface area contributed by atoms with Crippen molar-refractivity contribution < 1.29 is 18.7 Å². The predicted octanol–water partition coefficient (Wildman–Crippen LogP) is 1.27. The fraction of sp³-hybridized carbons (Fsp3) is 0.737. The van der Waals surface area contributed by atoms with Crippen molar-refractivity contribution in [1.82, 2.24) is 19.4 Å². The molecule has 0 aromatic carbocycles. The second kappa shape index (κ2) is 8.65. The topological polar surface area (TPSA) is 78.7 Å². The molecular formula is C19H28F2N4O3. The summed E-state index contributed by atoms with van der Waals surface area (Å²) in [5.74, 6) is 0.261. The highest BCUT2D eigenvalue weighted by Crippen LogP contribution is 2.26. The molecule has 1 N–H and O–H groups in total. The summed E-state index contributed by atoms with van der Waals surface area (Å²) in [7, 11) is 0. The van der Waals surface area contributed by atoms with E-state index in [1.54, 1.807) is 4.90 Å². The zero-order chi connectivity index (χ0) is 20.3. The van der Waals surface area contributed by atoms with Gasteiger partial charge in [0.2, 0.25) is 5.91 Å². The van der Waals surface area contributed by atoms with E-state index in [-0.39, 0.29) is 11.8 Å². The molecule has 2 aliphatic heterocycles. The van der Waals surface area contributed by atoms with Gasteiger partial charge in [-0.25, -0.2) is 13.8 Å². The second-order valence-corrected chi connectivity index (χ2v) is 8.09. The van der Waals surface area contributed by atoms with Gasteiger partial charge in [-0.3, -0.25) is 14.2 Å². The Morgan fingerprint density at radius 1 is 1.36 bits per heavy atom. The van der Waals surface area contributed by atoms with Crippen LogP contribution in [-0.4, -0.2) is 68.7 Å². The van der Waals surface area contributed by atoms with Crippen LogP contribution in [-0.2, 0) is 11.3 Å². The van der Waals surface area contributed by atoms with Crippen LogP contribution in [0, 0.1) is 5.92 Å². The number of β-amino-alcohol motifs (C(OH)–C–C–N with tert-alkyl or cyclic N) is 1. The van der Waals surface area contributed by atoms with Crippen molar-refractivity contribution >= 4 is 5.91 Å². The van der Waals surface area contributed by atoms with Crippen LogP contribution in [0.25, 0.3) is 0 Å². The lowest BCUT2D eigenvalue weighted by molar-refractivity contribution is -0.137. The van der Waals surface area contributed by atoms with Crippen LogP contribution in [0.1, 0.15) is 44.7 Å². The molecular weight excluding hydrogens is 370 g/mol. The quantitative estimate of drug-likeness (QED) is 0.808. The molecule has 2 fully saturated rings. The minimum Gasteiger partial charge on any atom is -0.387 e. The Kier molecular flexibility index (Phi) is 6.44. The van der Waals surface area contributed by atoms with Gasteiger partial charge in [-0.05, 0) is 44.7 Å². The number of likely N-dealkylation sites (tertiary alicyclic amines) is 2. The average Bonchev–Trinajstić information content (AvgIpc) is 2.64. The summed E-state index contributed by atoms with van der Waals surface area (Å²) in [6.07, 6.45) is 1.67. The Balaban J connectivity index is 1.51. The zero-order valence-electron chi connectivity index (χ0n) is 16.2. The number of amides is 1. The Labute approximate surface area is 163 Å². The van der Waals surface area contributed by atoms with Crippen molar-refractivity contribution in [3.8, 4) is 0 Å². The molecule has 0 saturated carbocycles. The smallest absolute Gasteiger partial charge is 0.280 e. The molecule has 3 rings (SSSR count). The van der Waals surface area contributed by atoms with Crippen LogP contribution >= 0.6 is 0 Å². The van der Waals surface area contributed by atoms with Crippen molar-refractivity contribution in [1.29, 1.82) is 0 Å². The van der Waals surface area contributed by atoms with Crippen molar-refractivity contribution in [3.05, 3.63) is 28.4 Å². The average molecular weight is 398 g/mol. The largest absolute Gasteiger partial charge is 0.387 e. The first-order valence-corrected chi connectivity index (χ1v) is 9.80. The van der Waals surface area contributed by atoms with Gasteiger partial charge in [0, 0.05) is 32.6 Å². The summed E-state index contributed by atoms with van der Waals surface area (Å²) < 4.78 is 26.6. The third kappa shape index (κ3) is 5.14. The molecule has 2 aliphatic rings. The summed E-state index contributed by atoms with van der Waals surface area (Å²) in [5, 5.41) is 10.9. The van der Waals surface area contributed by atoms with E-state index in [1.807, 2.05) is 0 Å². The molecule has 0 bridgehead atoms. The fourth-order valence-corrected chi connectivity index (χ4v) is 4.23. The van der Waals surface area contributed by atoms with Crippen molar-refractivity contribution in [2.24, 2.45) is 5.92 Å². The maximum Gasteiger partial charge on any atom is 0.280 e. The number of hydrogen-bond donors (Lipinski definition) is 1. The molecule has 28 heavy (non-hydrogen) atoms. The standard InChI is InChI=1S/C19H28F2N4O3/c1-14(26)24-6-2-5-19(28,12-24)11-23-7-3-15(4-8-23)10-25-13-22-16(18(20)21)9-17(25)27/h9,13,15,18,28H,2-8,10-12H2,1H3. The normalized spacial score (nSPS) is 24.7. The zero-order valence-corrected chi connectivity index (χ0v) is 16.2. The van der Waals surface area contributed by atoms with E-state index < -0.39 is 23.3 Å². The summed E-state index contributed by atoms with van der Waals surface area (Å²) in [4.78, 5) is 31.2. The molecule has 3 heterocycles. The van der Waals surface area contributed by atoms with E-state index in [1.165, 1.54) is 17.8 Å². The third-order valence-electron chi connectivity index (χ3n) is 5.80. The van der Waals surface area contributed by atoms with Gasteiger partial charge in [0.15, 0.2) is 0 Å². The number of carbonyl (C=O) groups excluding carboxylic acids is 1. The highest BCUT2D eigenvalue weighted by atomic mass is 19.3. The molecule has 9 heteroatoms. The summed E-state index contributed by atoms with van der Waals surface area (Å²) in [5.41, 5.74) is -1.81. The SMILES string of the molecule is CC(=O)N1CCCC(O)(CN2CCC(Cn3cnc(C(F)F)cc3=O)CC2)C1. The molecule has 2 saturated heterocycles. The Bertz CT molecular complexity index is 749. The number of rotatable bonds is 5. The van der Waals surface area contributed by atoms with E-state index >= 15 is 0 Å². The first kappa shape index (κ1) is 20.9. The van der Waals surface area contributed by atoms with Crippen molar-refractivity contribution in [2.75, 3.05) is 32.7 Å². The molecule has 1 unspecified atom stereocenters. The minimum atomic E-state index is -2.74. The van der Waals surface area contributed by atoms with Crippen LogP contribution in [0.5, 0.6) is 0 Å². The monoisotopic (exact) mass is 398 g/mol. The molecule has 0 aliphatic carbocycles. The van der Waals surface area contributed by atoms with Gasteiger partial charge in [-0.2, -0.15) is 0 Å². The highest BCUT2D eigenvalue weighted by Gasteiger charge is 2.36. The van der Waals surface area contributed by atoms with Crippen LogP contribution < -0.4 is 5.56 Å². The lowest BCUT2D eigenvalue weighted by atomic mass is 9.90. The molecule has 1 amide bonds. The summed E-state index contributed by atoms with van der Waals surface area (Å²) >= 11 is 0. The van der Waals surface area contributed by atoms with Crippen LogP contribution in [0.3, 0.4) is 0 Å². The first-order chi connectivity index (χ1) is 13.3. The van der Waals surface area contributed by atoms with E-state index in [9.17, 15) is 23.5 Å². The van der Waals surface area contributed by atoms with Gasteiger partial charge in [0.05, 0.1) is 18.5 Å². The lowest BCUT2D eigenvalue weighted by Crippen LogP contribution is -2.56.